The number of aliphatic imine (C=N–C) groups is 1. The molecule has 3 N–H and O–H groups in total. The zero-order valence-corrected chi connectivity index (χ0v) is 18.1. The van der Waals surface area contributed by atoms with Gasteiger partial charge in [0.05, 0.1) is 6.26 Å². The molecule has 0 aliphatic heterocycles. The lowest BCUT2D eigenvalue weighted by molar-refractivity contribution is 0.427. The van der Waals surface area contributed by atoms with E-state index in [9.17, 15) is 8.42 Å². The number of anilines is 1. The summed E-state index contributed by atoms with van der Waals surface area (Å²) < 4.78 is 24.5. The summed E-state index contributed by atoms with van der Waals surface area (Å²) in [6.45, 7) is 3.28. The number of nitrogens with one attached hydrogen (secondary N) is 1. The van der Waals surface area contributed by atoms with Crippen molar-refractivity contribution in [2.45, 2.75) is 39.0 Å². The Morgan fingerprint density at radius 3 is 2.72 bits per heavy atom. The van der Waals surface area contributed by atoms with Gasteiger partial charge in [0.1, 0.15) is 0 Å². The molecule has 25 heavy (non-hydrogen) atoms. The second-order valence-corrected chi connectivity index (χ2v) is 8.13. The minimum atomic E-state index is -3.14. The molecule has 0 radical (unpaired) electrons. The van der Waals surface area contributed by atoms with E-state index in [1.165, 1.54) is 34.5 Å². The van der Waals surface area contributed by atoms with Crippen LogP contribution in [0.5, 0.6) is 0 Å². The summed E-state index contributed by atoms with van der Waals surface area (Å²) in [4.78, 5) is 4.32. The Kier molecular flexibility index (Phi) is 9.15. The van der Waals surface area contributed by atoms with E-state index < -0.39 is 10.0 Å². The monoisotopic (exact) mass is 480 g/mol. The number of fused-ring (bicyclic) bond motifs is 1. The van der Waals surface area contributed by atoms with Gasteiger partial charge in [-0.25, -0.2) is 12.7 Å². The summed E-state index contributed by atoms with van der Waals surface area (Å²) in [5.41, 5.74) is 9.76. The highest BCUT2D eigenvalue weighted by Gasteiger charge is 2.14. The van der Waals surface area contributed by atoms with E-state index in [0.29, 0.717) is 32.0 Å². The van der Waals surface area contributed by atoms with Gasteiger partial charge in [0.15, 0.2) is 5.96 Å². The molecule has 8 heteroatoms. The number of rotatable bonds is 7. The normalized spacial score (nSPS) is 14.8. The zero-order valence-electron chi connectivity index (χ0n) is 15.0. The quantitative estimate of drug-likeness (QED) is 0.272. The number of aryl methyl sites for hydroxylation is 1. The van der Waals surface area contributed by atoms with Gasteiger partial charge in [-0.15, -0.1) is 24.0 Å². The fourth-order valence-corrected chi connectivity index (χ4v) is 4.01. The molecule has 1 aromatic carbocycles. The molecule has 0 atom stereocenters. The van der Waals surface area contributed by atoms with Crippen LogP contribution in [0.15, 0.2) is 23.2 Å². The van der Waals surface area contributed by atoms with Gasteiger partial charge in [0, 0.05) is 25.3 Å². The third-order valence-corrected chi connectivity index (χ3v) is 5.71. The fraction of sp³-hybridized carbons (Fsp3) is 0.588. The van der Waals surface area contributed by atoms with Crippen molar-refractivity contribution < 1.29 is 8.42 Å². The van der Waals surface area contributed by atoms with E-state index in [4.69, 9.17) is 5.73 Å². The summed E-state index contributed by atoms with van der Waals surface area (Å²) in [5, 5.41) is 3.20. The molecule has 0 heterocycles. The molecule has 1 aromatic rings. The molecule has 0 saturated carbocycles. The molecule has 0 spiro atoms. The van der Waals surface area contributed by atoms with Crippen molar-refractivity contribution in [2.24, 2.45) is 10.7 Å². The van der Waals surface area contributed by atoms with Crippen molar-refractivity contribution in [1.82, 2.24) is 4.31 Å². The molecule has 0 unspecified atom stereocenters. The maximum absolute atomic E-state index is 11.5. The average molecular weight is 480 g/mol. The zero-order chi connectivity index (χ0) is 17.6. The Morgan fingerprint density at radius 1 is 1.32 bits per heavy atom. The highest BCUT2D eigenvalue weighted by Crippen LogP contribution is 2.27. The lowest BCUT2D eigenvalue weighted by Gasteiger charge is -2.20. The van der Waals surface area contributed by atoms with Crippen LogP contribution in [0.3, 0.4) is 0 Å². The number of nitrogens with zero attached hydrogens (tertiary/aromatic N) is 2. The van der Waals surface area contributed by atoms with Gasteiger partial charge in [0.2, 0.25) is 10.0 Å². The summed E-state index contributed by atoms with van der Waals surface area (Å²) in [6.07, 6.45) is 6.53. The molecule has 1 aliphatic rings. The first kappa shape index (κ1) is 22.2. The third kappa shape index (κ3) is 6.74. The predicted octanol–water partition coefficient (Wildman–Crippen LogP) is 2.58. The van der Waals surface area contributed by atoms with Crippen LogP contribution in [0.25, 0.3) is 0 Å². The molecular weight excluding hydrogens is 451 g/mol. The van der Waals surface area contributed by atoms with Crippen molar-refractivity contribution in [2.75, 3.05) is 31.2 Å². The second-order valence-electron chi connectivity index (χ2n) is 6.15. The number of benzene rings is 1. The maximum Gasteiger partial charge on any atom is 0.211 e. The van der Waals surface area contributed by atoms with E-state index in [-0.39, 0.29) is 24.0 Å². The number of nitrogens with two attached hydrogens (primary N) is 1. The van der Waals surface area contributed by atoms with Gasteiger partial charge >= 0.3 is 0 Å². The van der Waals surface area contributed by atoms with Crippen molar-refractivity contribution in [3.63, 3.8) is 0 Å². The SMILES string of the molecule is CCN(CCCN=C(N)Nc1cccc2c1CCCC2)S(C)(=O)=O.I. The van der Waals surface area contributed by atoms with E-state index in [1.54, 1.807) is 0 Å². The highest BCUT2D eigenvalue weighted by atomic mass is 127. The molecule has 2 rings (SSSR count). The van der Waals surface area contributed by atoms with E-state index in [1.807, 2.05) is 19.1 Å². The van der Waals surface area contributed by atoms with Crippen LogP contribution in [-0.2, 0) is 22.9 Å². The van der Waals surface area contributed by atoms with Crippen LogP contribution in [-0.4, -0.2) is 44.6 Å². The molecule has 0 aromatic heterocycles. The molecule has 1 aliphatic carbocycles. The number of hydrogen-bond donors (Lipinski definition) is 2. The molecule has 0 amide bonds. The van der Waals surface area contributed by atoms with Gasteiger partial charge < -0.3 is 11.1 Å². The third-order valence-electron chi connectivity index (χ3n) is 4.33. The minimum Gasteiger partial charge on any atom is -0.370 e. The van der Waals surface area contributed by atoms with Crippen LogP contribution in [0.4, 0.5) is 5.69 Å². The average Bonchev–Trinajstić information content (AvgIpc) is 2.54. The summed E-state index contributed by atoms with van der Waals surface area (Å²) in [6, 6.07) is 6.26. The Hall–Kier alpha value is -0.870. The standard InChI is InChI=1S/C17H28N4O2S.HI/c1-3-21(24(2,22)23)13-7-12-19-17(18)20-16-11-6-9-14-8-4-5-10-15(14)16;/h6,9,11H,3-5,7-8,10,12-13H2,1-2H3,(H3,18,19,20);1H. The summed E-state index contributed by atoms with van der Waals surface area (Å²) in [7, 11) is -3.14. The van der Waals surface area contributed by atoms with E-state index in [2.05, 4.69) is 16.4 Å². The van der Waals surface area contributed by atoms with Crippen LogP contribution < -0.4 is 11.1 Å². The smallest absolute Gasteiger partial charge is 0.211 e. The predicted molar refractivity (Wildman–Crippen MR) is 115 cm³/mol. The Balaban J connectivity index is 0.00000312. The van der Waals surface area contributed by atoms with Crippen molar-refractivity contribution in [3.8, 4) is 0 Å². The fourth-order valence-electron chi connectivity index (χ4n) is 3.08. The van der Waals surface area contributed by atoms with E-state index in [0.717, 1.165) is 18.5 Å². The molecule has 0 bridgehead atoms. The Bertz CT molecular complexity index is 692. The minimum absolute atomic E-state index is 0. The van der Waals surface area contributed by atoms with Gasteiger partial charge in [-0.1, -0.05) is 19.1 Å². The van der Waals surface area contributed by atoms with Crippen molar-refractivity contribution >= 4 is 45.6 Å². The Labute approximate surface area is 168 Å². The van der Waals surface area contributed by atoms with Gasteiger partial charge in [-0.2, -0.15) is 0 Å². The lowest BCUT2D eigenvalue weighted by atomic mass is 9.90. The molecule has 142 valence electrons. The number of guanidine groups is 1. The number of halogens is 1. The topological polar surface area (TPSA) is 87.8 Å². The van der Waals surface area contributed by atoms with Gasteiger partial charge in [-0.3, -0.25) is 4.99 Å². The molecule has 0 saturated heterocycles. The van der Waals surface area contributed by atoms with Crippen LogP contribution in [0.1, 0.15) is 37.3 Å². The Morgan fingerprint density at radius 2 is 2.04 bits per heavy atom. The van der Waals surface area contributed by atoms with E-state index >= 15 is 0 Å². The van der Waals surface area contributed by atoms with Crippen LogP contribution >= 0.6 is 24.0 Å². The molecule has 6 nitrogen and oxygen atoms in total. The van der Waals surface area contributed by atoms with Crippen molar-refractivity contribution in [3.05, 3.63) is 29.3 Å². The number of hydrogen-bond acceptors (Lipinski definition) is 3. The summed E-state index contributed by atoms with van der Waals surface area (Å²) in [5.74, 6) is 0.386. The maximum atomic E-state index is 11.5. The lowest BCUT2D eigenvalue weighted by Crippen LogP contribution is -2.31. The first-order valence-corrected chi connectivity index (χ1v) is 10.4. The second kappa shape index (κ2) is 10.3. The summed E-state index contributed by atoms with van der Waals surface area (Å²) >= 11 is 0. The first-order chi connectivity index (χ1) is 11.4. The largest absolute Gasteiger partial charge is 0.370 e. The van der Waals surface area contributed by atoms with Gasteiger partial charge in [0.25, 0.3) is 0 Å². The number of sulfonamides is 1. The van der Waals surface area contributed by atoms with Gasteiger partial charge in [-0.05, 0) is 49.3 Å². The molecule has 0 fully saturated rings. The highest BCUT2D eigenvalue weighted by molar-refractivity contribution is 14.0. The van der Waals surface area contributed by atoms with Crippen LogP contribution in [0, 0.1) is 0 Å². The van der Waals surface area contributed by atoms with Crippen LogP contribution in [0.2, 0.25) is 0 Å². The van der Waals surface area contributed by atoms with Crippen molar-refractivity contribution in [1.29, 1.82) is 0 Å². The first-order valence-electron chi connectivity index (χ1n) is 8.54. The molecular formula is C17H29IN4O2S.